The van der Waals surface area contributed by atoms with Crippen LogP contribution in [-0.2, 0) is 4.79 Å². The van der Waals surface area contributed by atoms with Gasteiger partial charge in [-0.1, -0.05) is 23.2 Å². The second-order valence-electron chi connectivity index (χ2n) is 2.46. The molecule has 0 aliphatic carbocycles. The van der Waals surface area contributed by atoms with E-state index < -0.39 is 11.8 Å². The van der Waals surface area contributed by atoms with Crippen LogP contribution in [0.15, 0.2) is 18.2 Å². The van der Waals surface area contributed by atoms with E-state index >= 15 is 0 Å². The summed E-state index contributed by atoms with van der Waals surface area (Å²) in [5.74, 6) is -1.85. The quantitative estimate of drug-likeness (QED) is 0.631. The zero-order chi connectivity index (χ0) is 10.7. The Morgan fingerprint density at radius 3 is 2.64 bits per heavy atom. The molecule has 0 heterocycles. The van der Waals surface area contributed by atoms with Crippen molar-refractivity contribution in [2.24, 2.45) is 0 Å². The summed E-state index contributed by atoms with van der Waals surface area (Å²) in [4.78, 5) is 10.2. The molecule has 5 heteroatoms. The number of aliphatic carboxylic acids is 1. The van der Waals surface area contributed by atoms with Gasteiger partial charge >= 0.3 is 5.97 Å². The van der Waals surface area contributed by atoms with Gasteiger partial charge in [0.05, 0.1) is 5.02 Å². The zero-order valence-corrected chi connectivity index (χ0v) is 8.31. The van der Waals surface area contributed by atoms with E-state index in [-0.39, 0.29) is 15.6 Å². The van der Waals surface area contributed by atoms with Gasteiger partial charge in [0.2, 0.25) is 0 Å². The number of hydrogen-bond acceptors (Lipinski definition) is 1. The lowest BCUT2D eigenvalue weighted by atomic mass is 10.2. The fraction of sp³-hybridized carbons (Fsp3) is 0. The molecular weight excluding hydrogens is 230 g/mol. The van der Waals surface area contributed by atoms with Crippen molar-refractivity contribution >= 4 is 35.2 Å². The Bertz CT molecular complexity index is 402. The van der Waals surface area contributed by atoms with Gasteiger partial charge in [-0.3, -0.25) is 0 Å². The number of rotatable bonds is 2. The number of carboxylic acid groups (broad SMARTS) is 1. The summed E-state index contributed by atoms with van der Waals surface area (Å²) in [6.45, 7) is 0. The van der Waals surface area contributed by atoms with Crippen LogP contribution in [0.2, 0.25) is 10.0 Å². The molecule has 2 nitrogen and oxygen atoms in total. The number of halogens is 3. The van der Waals surface area contributed by atoms with Gasteiger partial charge in [-0.25, -0.2) is 9.18 Å². The Labute approximate surface area is 89.6 Å². The van der Waals surface area contributed by atoms with Crippen LogP contribution in [0.25, 0.3) is 6.08 Å². The molecule has 1 aromatic rings. The van der Waals surface area contributed by atoms with E-state index in [1.54, 1.807) is 0 Å². The fourth-order valence-electron chi connectivity index (χ4n) is 0.858. The molecule has 0 amide bonds. The van der Waals surface area contributed by atoms with Crippen LogP contribution in [0.3, 0.4) is 0 Å². The van der Waals surface area contributed by atoms with Crippen LogP contribution >= 0.6 is 23.2 Å². The first-order chi connectivity index (χ1) is 6.50. The molecule has 0 radical (unpaired) electrons. The van der Waals surface area contributed by atoms with E-state index in [0.29, 0.717) is 0 Å². The number of hydrogen-bond donors (Lipinski definition) is 1. The van der Waals surface area contributed by atoms with Crippen molar-refractivity contribution in [3.63, 3.8) is 0 Å². The zero-order valence-electron chi connectivity index (χ0n) is 6.80. The van der Waals surface area contributed by atoms with Crippen LogP contribution < -0.4 is 0 Å². The Morgan fingerprint density at radius 1 is 1.43 bits per heavy atom. The molecular formula is C9H5Cl2FO2. The van der Waals surface area contributed by atoms with Gasteiger partial charge in [0.25, 0.3) is 0 Å². The molecule has 0 aliphatic heterocycles. The highest BCUT2D eigenvalue weighted by atomic mass is 35.5. The largest absolute Gasteiger partial charge is 0.478 e. The van der Waals surface area contributed by atoms with Crippen LogP contribution in [0.4, 0.5) is 4.39 Å². The number of carboxylic acids is 1. The third-order valence-corrected chi connectivity index (χ3v) is 1.92. The van der Waals surface area contributed by atoms with E-state index in [0.717, 1.165) is 12.2 Å². The third kappa shape index (κ3) is 2.72. The molecule has 0 aromatic heterocycles. The van der Waals surface area contributed by atoms with E-state index in [1.165, 1.54) is 12.1 Å². The average Bonchev–Trinajstić information content (AvgIpc) is 2.08. The van der Waals surface area contributed by atoms with Crippen LogP contribution in [0, 0.1) is 5.82 Å². The first-order valence-corrected chi connectivity index (χ1v) is 4.32. The molecule has 0 fully saturated rings. The van der Waals surface area contributed by atoms with Crippen molar-refractivity contribution in [2.45, 2.75) is 0 Å². The van der Waals surface area contributed by atoms with E-state index in [9.17, 15) is 9.18 Å². The molecule has 0 saturated carbocycles. The summed E-state index contributed by atoms with van der Waals surface area (Å²) in [6.07, 6.45) is 1.90. The average molecular weight is 235 g/mol. The predicted molar refractivity (Wildman–Crippen MR) is 53.1 cm³/mol. The highest BCUT2D eigenvalue weighted by molar-refractivity contribution is 6.34. The van der Waals surface area contributed by atoms with E-state index in [1.807, 2.05) is 0 Å². The maximum absolute atomic E-state index is 13.2. The van der Waals surface area contributed by atoms with E-state index in [4.69, 9.17) is 28.3 Å². The molecule has 0 aliphatic rings. The van der Waals surface area contributed by atoms with Crippen molar-refractivity contribution in [1.82, 2.24) is 0 Å². The lowest BCUT2D eigenvalue weighted by Crippen LogP contribution is -1.88. The maximum Gasteiger partial charge on any atom is 0.328 e. The molecule has 0 spiro atoms. The maximum atomic E-state index is 13.2. The second-order valence-corrected chi connectivity index (χ2v) is 3.31. The molecule has 1 rings (SSSR count). The minimum atomic E-state index is -1.17. The van der Waals surface area contributed by atoms with Gasteiger partial charge in [0.15, 0.2) is 0 Å². The summed E-state index contributed by atoms with van der Waals surface area (Å²) in [6, 6.07) is 2.54. The molecule has 1 N–H and O–H groups in total. The van der Waals surface area contributed by atoms with Crippen LogP contribution in [0.5, 0.6) is 0 Å². The lowest BCUT2D eigenvalue weighted by Gasteiger charge is -1.99. The van der Waals surface area contributed by atoms with Crippen LogP contribution in [0.1, 0.15) is 5.56 Å². The third-order valence-electron chi connectivity index (χ3n) is 1.43. The monoisotopic (exact) mass is 234 g/mol. The first kappa shape index (κ1) is 11.0. The van der Waals surface area contributed by atoms with Crippen molar-refractivity contribution in [3.05, 3.63) is 39.6 Å². The highest BCUT2D eigenvalue weighted by Gasteiger charge is 2.06. The summed E-state index contributed by atoms with van der Waals surface area (Å²) >= 11 is 11.1. The van der Waals surface area contributed by atoms with Crippen molar-refractivity contribution in [1.29, 1.82) is 0 Å². The number of carbonyl (C=O) groups is 1. The first-order valence-electron chi connectivity index (χ1n) is 3.56. The minimum Gasteiger partial charge on any atom is -0.478 e. The lowest BCUT2D eigenvalue weighted by molar-refractivity contribution is -0.131. The molecule has 14 heavy (non-hydrogen) atoms. The van der Waals surface area contributed by atoms with Gasteiger partial charge in [-0.15, -0.1) is 0 Å². The molecule has 0 atom stereocenters. The summed E-state index contributed by atoms with van der Waals surface area (Å²) in [5.41, 5.74) is 0.0462. The molecule has 0 unspecified atom stereocenters. The van der Waals surface area contributed by atoms with Crippen molar-refractivity contribution in [3.8, 4) is 0 Å². The summed E-state index contributed by atoms with van der Waals surface area (Å²) < 4.78 is 13.2. The van der Waals surface area contributed by atoms with Gasteiger partial charge in [-0.2, -0.15) is 0 Å². The summed E-state index contributed by atoms with van der Waals surface area (Å²) in [7, 11) is 0. The van der Waals surface area contributed by atoms with Crippen molar-refractivity contribution < 1.29 is 14.3 Å². The van der Waals surface area contributed by atoms with Gasteiger partial charge in [0, 0.05) is 16.7 Å². The van der Waals surface area contributed by atoms with Gasteiger partial charge in [-0.05, 0) is 18.2 Å². The predicted octanol–water partition coefficient (Wildman–Crippen LogP) is 3.23. The molecule has 0 bridgehead atoms. The Morgan fingerprint density at radius 2 is 2.07 bits per heavy atom. The second kappa shape index (κ2) is 4.44. The number of benzene rings is 1. The smallest absolute Gasteiger partial charge is 0.328 e. The Kier molecular flexibility index (Phi) is 3.49. The minimum absolute atomic E-state index is 0.0462. The Balaban J connectivity index is 3.14. The molecule has 1 aromatic carbocycles. The van der Waals surface area contributed by atoms with Crippen LogP contribution in [-0.4, -0.2) is 11.1 Å². The molecule has 0 saturated heterocycles. The summed E-state index contributed by atoms with van der Waals surface area (Å²) in [5, 5.41) is 8.44. The fourth-order valence-corrected chi connectivity index (χ4v) is 1.37. The SMILES string of the molecule is O=C(O)/C=C/c1cc(Cl)cc(Cl)c1F. The van der Waals surface area contributed by atoms with E-state index in [2.05, 4.69) is 0 Å². The standard InChI is InChI=1S/C9H5Cl2FO2/c10-6-3-5(1-2-8(13)14)9(12)7(11)4-6/h1-4H,(H,13,14)/b2-1+. The highest BCUT2D eigenvalue weighted by Crippen LogP contribution is 2.24. The normalized spacial score (nSPS) is 10.8. The van der Waals surface area contributed by atoms with Gasteiger partial charge in [0.1, 0.15) is 5.82 Å². The molecule has 74 valence electrons. The van der Waals surface area contributed by atoms with Crippen molar-refractivity contribution in [2.75, 3.05) is 0 Å². The van der Waals surface area contributed by atoms with Gasteiger partial charge < -0.3 is 5.11 Å². The topological polar surface area (TPSA) is 37.3 Å². The Hall–Kier alpha value is -1.06.